The monoisotopic (exact) mass is 229 g/mol. The molecule has 0 spiro atoms. The zero-order valence-electron chi connectivity index (χ0n) is 8.08. The van der Waals surface area contributed by atoms with E-state index in [0.29, 0.717) is 0 Å². The van der Waals surface area contributed by atoms with Crippen molar-refractivity contribution in [3.05, 3.63) is 24.0 Å². The molecule has 0 aliphatic carbocycles. The molecule has 7 heteroatoms. The van der Waals surface area contributed by atoms with Gasteiger partial charge in [-0.3, -0.25) is 4.98 Å². The van der Waals surface area contributed by atoms with Gasteiger partial charge in [-0.05, 0) is 12.1 Å². The van der Waals surface area contributed by atoms with E-state index in [0.717, 1.165) is 0 Å². The molecule has 0 aliphatic rings. The van der Waals surface area contributed by atoms with E-state index in [4.69, 9.17) is 10.9 Å². The van der Waals surface area contributed by atoms with Gasteiger partial charge in [-0.15, -0.1) is 0 Å². The predicted octanol–water partition coefficient (Wildman–Crippen LogP) is -0.0303. The number of hydrogen-bond donors (Lipinski definition) is 2. The van der Waals surface area contributed by atoms with E-state index in [1.807, 2.05) is 0 Å². The molecular weight excluding hydrogens is 218 g/mol. The maximum Gasteiger partial charge on any atom is 0.190 e. The Labute approximate surface area is 87.4 Å². The first-order chi connectivity index (χ1) is 7.03. The van der Waals surface area contributed by atoms with Gasteiger partial charge < -0.3 is 10.9 Å². The largest absolute Gasteiger partial charge is 0.409 e. The molecule has 0 unspecified atom stereocenters. The molecule has 0 amide bonds. The van der Waals surface area contributed by atoms with Crippen molar-refractivity contribution in [2.24, 2.45) is 10.9 Å². The van der Waals surface area contributed by atoms with Crippen LogP contribution in [0.4, 0.5) is 0 Å². The average molecular weight is 229 g/mol. The quantitative estimate of drug-likeness (QED) is 0.327. The van der Waals surface area contributed by atoms with Gasteiger partial charge in [0.2, 0.25) is 0 Å². The first-order valence-corrected chi connectivity index (χ1v) is 5.83. The summed E-state index contributed by atoms with van der Waals surface area (Å²) in [6.45, 7) is 1.51. The number of hydrogen-bond acceptors (Lipinski definition) is 5. The average Bonchev–Trinajstić information content (AvgIpc) is 2.28. The highest BCUT2D eigenvalue weighted by molar-refractivity contribution is 7.91. The molecule has 0 fully saturated rings. The zero-order valence-corrected chi connectivity index (χ0v) is 8.90. The summed E-state index contributed by atoms with van der Waals surface area (Å²) >= 11 is 0. The summed E-state index contributed by atoms with van der Waals surface area (Å²) in [5, 5.41) is 11.2. The fourth-order valence-electron chi connectivity index (χ4n) is 1.04. The second-order valence-corrected chi connectivity index (χ2v) is 4.99. The van der Waals surface area contributed by atoms with Gasteiger partial charge in [-0.1, -0.05) is 12.1 Å². The molecule has 0 aliphatic heterocycles. The normalized spacial score (nSPS) is 12.7. The van der Waals surface area contributed by atoms with E-state index in [9.17, 15) is 8.42 Å². The van der Waals surface area contributed by atoms with Crippen molar-refractivity contribution in [3.8, 4) is 0 Å². The molecular formula is C8H11N3O3S. The van der Waals surface area contributed by atoms with E-state index < -0.39 is 9.84 Å². The van der Waals surface area contributed by atoms with Crippen LogP contribution in [0.15, 0.2) is 28.4 Å². The molecule has 1 heterocycles. The Morgan fingerprint density at radius 2 is 2.33 bits per heavy atom. The molecule has 0 radical (unpaired) electrons. The second kappa shape index (κ2) is 4.26. The lowest BCUT2D eigenvalue weighted by atomic mass is 10.3. The van der Waals surface area contributed by atoms with Crippen LogP contribution < -0.4 is 5.73 Å². The number of nitrogens with zero attached hydrogens (tertiary/aromatic N) is 2. The van der Waals surface area contributed by atoms with Crippen LogP contribution in [0.1, 0.15) is 12.6 Å². The fourth-order valence-corrected chi connectivity index (χ4v) is 2.09. The molecule has 0 saturated carbocycles. The number of sulfone groups is 1. The van der Waals surface area contributed by atoms with Crippen molar-refractivity contribution >= 4 is 15.7 Å². The predicted molar refractivity (Wildman–Crippen MR) is 54.5 cm³/mol. The van der Waals surface area contributed by atoms with Gasteiger partial charge in [0.25, 0.3) is 0 Å². The first kappa shape index (κ1) is 11.4. The van der Waals surface area contributed by atoms with Crippen LogP contribution in [-0.2, 0) is 9.84 Å². The Kier molecular flexibility index (Phi) is 3.25. The molecule has 0 bridgehead atoms. The lowest BCUT2D eigenvalue weighted by Gasteiger charge is -2.05. The van der Waals surface area contributed by atoms with Gasteiger partial charge in [0.1, 0.15) is 5.69 Å². The minimum atomic E-state index is -3.42. The van der Waals surface area contributed by atoms with Crippen LogP contribution >= 0.6 is 0 Å². The van der Waals surface area contributed by atoms with Crippen molar-refractivity contribution in [2.75, 3.05) is 5.75 Å². The SMILES string of the molecule is CCS(=O)(=O)c1cccnc1/C(N)=N/O. The maximum absolute atomic E-state index is 11.6. The summed E-state index contributed by atoms with van der Waals surface area (Å²) in [6.07, 6.45) is 1.38. The molecule has 0 atom stereocenters. The Balaban J connectivity index is 3.44. The third-order valence-corrected chi connectivity index (χ3v) is 3.60. The molecule has 0 aromatic carbocycles. The van der Waals surface area contributed by atoms with E-state index in [1.54, 1.807) is 0 Å². The number of oxime groups is 1. The van der Waals surface area contributed by atoms with Crippen LogP contribution in [0.5, 0.6) is 0 Å². The van der Waals surface area contributed by atoms with E-state index >= 15 is 0 Å². The van der Waals surface area contributed by atoms with Crippen molar-refractivity contribution in [3.63, 3.8) is 0 Å². The Morgan fingerprint density at radius 3 is 2.87 bits per heavy atom. The van der Waals surface area contributed by atoms with Crippen molar-refractivity contribution < 1.29 is 13.6 Å². The second-order valence-electron chi connectivity index (χ2n) is 2.74. The molecule has 1 rings (SSSR count). The molecule has 0 saturated heterocycles. The maximum atomic E-state index is 11.6. The minimum Gasteiger partial charge on any atom is -0.409 e. The van der Waals surface area contributed by atoms with Gasteiger partial charge in [0.05, 0.1) is 10.6 Å². The fraction of sp³-hybridized carbons (Fsp3) is 0.250. The molecule has 15 heavy (non-hydrogen) atoms. The third-order valence-electron chi connectivity index (χ3n) is 1.84. The zero-order chi connectivity index (χ0) is 11.5. The number of pyridine rings is 1. The summed E-state index contributed by atoms with van der Waals surface area (Å²) in [6, 6.07) is 2.86. The molecule has 3 N–H and O–H groups in total. The van der Waals surface area contributed by atoms with Crippen LogP contribution in [0, 0.1) is 0 Å². The van der Waals surface area contributed by atoms with E-state index in [1.165, 1.54) is 25.3 Å². The van der Waals surface area contributed by atoms with Crippen LogP contribution in [0.3, 0.4) is 0 Å². The third kappa shape index (κ3) is 2.24. The van der Waals surface area contributed by atoms with Gasteiger partial charge in [-0.2, -0.15) is 0 Å². The lowest BCUT2D eigenvalue weighted by Crippen LogP contribution is -2.20. The minimum absolute atomic E-state index is 0.0252. The van der Waals surface area contributed by atoms with Crippen molar-refractivity contribution in [2.45, 2.75) is 11.8 Å². The highest BCUT2D eigenvalue weighted by atomic mass is 32.2. The summed E-state index contributed by atoms with van der Waals surface area (Å²) < 4.78 is 23.2. The number of aromatic nitrogens is 1. The Bertz CT molecular complexity index is 482. The van der Waals surface area contributed by atoms with Crippen LogP contribution in [0.25, 0.3) is 0 Å². The number of amidine groups is 1. The van der Waals surface area contributed by atoms with Gasteiger partial charge in [0.15, 0.2) is 15.7 Å². The Morgan fingerprint density at radius 1 is 1.67 bits per heavy atom. The van der Waals surface area contributed by atoms with Crippen LogP contribution in [-0.4, -0.2) is 30.2 Å². The highest BCUT2D eigenvalue weighted by Gasteiger charge is 2.19. The van der Waals surface area contributed by atoms with Gasteiger partial charge in [0, 0.05) is 6.20 Å². The van der Waals surface area contributed by atoms with Crippen LogP contribution in [0.2, 0.25) is 0 Å². The summed E-state index contributed by atoms with van der Waals surface area (Å²) in [7, 11) is -3.42. The molecule has 1 aromatic heterocycles. The summed E-state index contributed by atoms with van der Waals surface area (Å²) in [5.74, 6) is -0.382. The van der Waals surface area contributed by atoms with Gasteiger partial charge in [-0.25, -0.2) is 8.42 Å². The van der Waals surface area contributed by atoms with E-state index in [2.05, 4.69) is 10.1 Å². The van der Waals surface area contributed by atoms with E-state index in [-0.39, 0.29) is 22.2 Å². The number of rotatable bonds is 3. The molecule has 1 aromatic rings. The molecule has 6 nitrogen and oxygen atoms in total. The summed E-state index contributed by atoms with van der Waals surface area (Å²) in [4.78, 5) is 3.74. The Hall–Kier alpha value is -1.63. The molecule has 82 valence electrons. The smallest absolute Gasteiger partial charge is 0.190 e. The first-order valence-electron chi connectivity index (χ1n) is 4.18. The van der Waals surface area contributed by atoms with Crippen molar-refractivity contribution in [1.29, 1.82) is 0 Å². The van der Waals surface area contributed by atoms with Crippen molar-refractivity contribution in [1.82, 2.24) is 4.98 Å². The number of nitrogens with two attached hydrogens (primary N) is 1. The summed E-state index contributed by atoms with van der Waals surface area (Å²) in [5.41, 5.74) is 5.29. The van der Waals surface area contributed by atoms with Gasteiger partial charge >= 0.3 is 0 Å². The standard InChI is InChI=1S/C8H11N3O3S/c1-2-15(13,14)6-4-3-5-10-7(6)8(9)11-12/h3-5,12H,2H2,1H3,(H2,9,11). The lowest BCUT2D eigenvalue weighted by molar-refractivity contribution is 0.318. The topological polar surface area (TPSA) is 106 Å². The highest BCUT2D eigenvalue weighted by Crippen LogP contribution is 2.14.